The van der Waals surface area contributed by atoms with Gasteiger partial charge in [0.2, 0.25) is 0 Å². The molecule has 1 aliphatic heterocycles. The van der Waals surface area contributed by atoms with Gasteiger partial charge in [0.25, 0.3) is 0 Å². The van der Waals surface area contributed by atoms with Crippen LogP contribution in [0.2, 0.25) is 0 Å². The van der Waals surface area contributed by atoms with Gasteiger partial charge in [-0.1, -0.05) is 0 Å². The van der Waals surface area contributed by atoms with Crippen molar-refractivity contribution in [3.05, 3.63) is 66.5 Å². The number of rotatable bonds is 7. The lowest BCUT2D eigenvalue weighted by atomic mass is 10.0. The second-order valence-electron chi connectivity index (χ2n) is 8.88. The van der Waals surface area contributed by atoms with E-state index in [1.807, 2.05) is 12.1 Å². The maximum absolute atomic E-state index is 14.7. The molecule has 5 rings (SSSR count). The first-order chi connectivity index (χ1) is 17.5. The lowest BCUT2D eigenvalue weighted by Gasteiger charge is -2.32. The summed E-state index contributed by atoms with van der Waals surface area (Å²) < 4.78 is 34.6. The molecule has 2 aromatic carbocycles. The number of likely N-dealkylation sites (N-methyl/N-ethyl adjacent to an activating group) is 1. The van der Waals surface area contributed by atoms with Gasteiger partial charge in [-0.15, -0.1) is 0 Å². The molecular formula is C27H28F2N6O. The van der Waals surface area contributed by atoms with E-state index in [-0.39, 0.29) is 5.56 Å². The Balaban J connectivity index is 1.57. The first kappa shape index (κ1) is 24.0. The molecule has 1 fully saturated rings. The molecule has 0 bridgehead atoms. The zero-order valence-corrected chi connectivity index (χ0v) is 20.3. The SMILES string of the molecule is CNc1nc(-c2cccnc2)nc2c(OCCN3CCN(C)CC3)cc(-c3ccc(F)cc3F)cc12. The quantitative estimate of drug-likeness (QED) is 0.414. The predicted molar refractivity (Wildman–Crippen MR) is 137 cm³/mol. The lowest BCUT2D eigenvalue weighted by Crippen LogP contribution is -2.45. The van der Waals surface area contributed by atoms with E-state index in [1.165, 1.54) is 12.1 Å². The monoisotopic (exact) mass is 490 g/mol. The number of aromatic nitrogens is 3. The molecule has 0 aliphatic carbocycles. The maximum Gasteiger partial charge on any atom is 0.163 e. The van der Waals surface area contributed by atoms with Crippen molar-refractivity contribution in [1.29, 1.82) is 0 Å². The number of benzene rings is 2. The van der Waals surface area contributed by atoms with Crippen LogP contribution in [0.5, 0.6) is 5.75 Å². The highest BCUT2D eigenvalue weighted by atomic mass is 19.1. The van der Waals surface area contributed by atoms with Crippen LogP contribution in [0.15, 0.2) is 54.9 Å². The Bertz CT molecular complexity index is 1360. The summed E-state index contributed by atoms with van der Waals surface area (Å²) in [4.78, 5) is 18.3. The standard InChI is InChI=1S/C27H28F2N6O/c1-30-27-22-14-19(21-6-5-20(28)16-23(21)29)15-24(36-13-12-35-10-8-34(2)9-11-35)25(22)32-26(33-27)18-4-3-7-31-17-18/h3-7,14-17H,8-13H2,1-2H3,(H,30,32,33). The third-order valence-electron chi connectivity index (χ3n) is 6.43. The number of ether oxygens (including phenoxy) is 1. The average Bonchev–Trinajstić information content (AvgIpc) is 2.89. The Kier molecular flexibility index (Phi) is 7.02. The van der Waals surface area contributed by atoms with E-state index in [4.69, 9.17) is 9.72 Å². The first-order valence-electron chi connectivity index (χ1n) is 11.9. The van der Waals surface area contributed by atoms with Gasteiger partial charge in [0.1, 0.15) is 35.3 Å². The Morgan fingerprint density at radius 2 is 1.83 bits per heavy atom. The summed E-state index contributed by atoms with van der Waals surface area (Å²) in [5.41, 5.74) is 2.22. The van der Waals surface area contributed by atoms with Crippen LogP contribution in [0.1, 0.15) is 0 Å². The van der Waals surface area contributed by atoms with Crippen molar-refractivity contribution in [2.45, 2.75) is 0 Å². The summed E-state index contributed by atoms with van der Waals surface area (Å²) in [6.07, 6.45) is 3.40. The summed E-state index contributed by atoms with van der Waals surface area (Å²) >= 11 is 0. The normalized spacial score (nSPS) is 14.8. The summed E-state index contributed by atoms with van der Waals surface area (Å²) in [6, 6.07) is 10.9. The molecule has 1 N–H and O–H groups in total. The number of halogens is 2. The molecule has 4 aromatic rings. The van der Waals surface area contributed by atoms with Crippen molar-refractivity contribution in [2.75, 3.05) is 58.7 Å². The van der Waals surface area contributed by atoms with Crippen LogP contribution in [0.3, 0.4) is 0 Å². The van der Waals surface area contributed by atoms with E-state index in [9.17, 15) is 8.78 Å². The Morgan fingerprint density at radius 3 is 2.56 bits per heavy atom. The van der Waals surface area contributed by atoms with Crippen LogP contribution in [0.4, 0.5) is 14.6 Å². The van der Waals surface area contributed by atoms with Crippen molar-refractivity contribution < 1.29 is 13.5 Å². The van der Waals surface area contributed by atoms with Gasteiger partial charge in [0.15, 0.2) is 5.82 Å². The van der Waals surface area contributed by atoms with Crippen LogP contribution >= 0.6 is 0 Å². The van der Waals surface area contributed by atoms with Crippen molar-refractivity contribution >= 4 is 16.7 Å². The highest BCUT2D eigenvalue weighted by Gasteiger charge is 2.18. The maximum atomic E-state index is 14.7. The molecular weight excluding hydrogens is 462 g/mol. The smallest absolute Gasteiger partial charge is 0.163 e. The minimum Gasteiger partial charge on any atom is -0.490 e. The molecule has 3 heterocycles. The number of piperazine rings is 1. The summed E-state index contributed by atoms with van der Waals surface area (Å²) in [7, 11) is 3.90. The Labute approximate surface area is 208 Å². The van der Waals surface area contributed by atoms with Gasteiger partial charge in [0.05, 0.1) is 0 Å². The zero-order valence-electron chi connectivity index (χ0n) is 20.3. The molecule has 36 heavy (non-hydrogen) atoms. The largest absolute Gasteiger partial charge is 0.490 e. The summed E-state index contributed by atoms with van der Waals surface area (Å²) in [5.74, 6) is 0.332. The molecule has 0 saturated carbocycles. The van der Waals surface area contributed by atoms with Crippen LogP contribution in [-0.4, -0.2) is 78.2 Å². The highest BCUT2D eigenvalue weighted by Crippen LogP contribution is 2.36. The summed E-state index contributed by atoms with van der Waals surface area (Å²) in [6.45, 7) is 5.24. The molecule has 7 nitrogen and oxygen atoms in total. The number of fused-ring (bicyclic) bond motifs is 1. The van der Waals surface area contributed by atoms with Gasteiger partial charge in [-0.25, -0.2) is 18.7 Å². The molecule has 0 amide bonds. The highest BCUT2D eigenvalue weighted by molar-refractivity contribution is 5.97. The van der Waals surface area contributed by atoms with Crippen LogP contribution in [-0.2, 0) is 0 Å². The van der Waals surface area contributed by atoms with Gasteiger partial charge in [-0.05, 0) is 49.0 Å². The Hall–Kier alpha value is -3.69. The second-order valence-corrected chi connectivity index (χ2v) is 8.88. The second kappa shape index (κ2) is 10.5. The molecule has 186 valence electrons. The van der Waals surface area contributed by atoms with Gasteiger partial charge in [-0.2, -0.15) is 0 Å². The van der Waals surface area contributed by atoms with Gasteiger partial charge >= 0.3 is 0 Å². The van der Waals surface area contributed by atoms with E-state index in [1.54, 1.807) is 31.6 Å². The zero-order chi connectivity index (χ0) is 25.1. The average molecular weight is 491 g/mol. The molecule has 0 radical (unpaired) electrons. The third kappa shape index (κ3) is 5.12. The van der Waals surface area contributed by atoms with Crippen LogP contribution in [0, 0.1) is 11.6 Å². The van der Waals surface area contributed by atoms with Crippen molar-refractivity contribution in [3.8, 4) is 28.3 Å². The number of nitrogens with one attached hydrogen (secondary N) is 1. The van der Waals surface area contributed by atoms with E-state index >= 15 is 0 Å². The number of hydrogen-bond donors (Lipinski definition) is 1. The van der Waals surface area contributed by atoms with Gasteiger partial charge in [-0.3, -0.25) is 9.88 Å². The van der Waals surface area contributed by atoms with Crippen molar-refractivity contribution in [3.63, 3.8) is 0 Å². The van der Waals surface area contributed by atoms with Gasteiger partial charge in [0, 0.05) is 74.7 Å². The van der Waals surface area contributed by atoms with Crippen LogP contribution < -0.4 is 10.1 Å². The summed E-state index contributed by atoms with van der Waals surface area (Å²) in [5, 5.41) is 3.81. The molecule has 9 heteroatoms. The lowest BCUT2D eigenvalue weighted by molar-refractivity contribution is 0.134. The van der Waals surface area contributed by atoms with Crippen LogP contribution in [0.25, 0.3) is 33.4 Å². The number of hydrogen-bond acceptors (Lipinski definition) is 7. The van der Waals surface area contributed by atoms with E-state index in [2.05, 4.69) is 32.1 Å². The topological polar surface area (TPSA) is 66.4 Å². The van der Waals surface area contributed by atoms with E-state index in [0.29, 0.717) is 40.5 Å². The van der Waals surface area contributed by atoms with Crippen molar-refractivity contribution in [1.82, 2.24) is 24.8 Å². The number of pyridine rings is 1. The van der Waals surface area contributed by atoms with E-state index in [0.717, 1.165) is 44.4 Å². The fraction of sp³-hybridized carbons (Fsp3) is 0.296. The van der Waals surface area contributed by atoms with E-state index < -0.39 is 11.6 Å². The third-order valence-corrected chi connectivity index (χ3v) is 6.43. The van der Waals surface area contributed by atoms with Gasteiger partial charge < -0.3 is 15.0 Å². The predicted octanol–water partition coefficient (Wildman–Crippen LogP) is 4.30. The Morgan fingerprint density at radius 1 is 1.00 bits per heavy atom. The molecule has 0 atom stereocenters. The fourth-order valence-electron chi connectivity index (χ4n) is 4.36. The minimum absolute atomic E-state index is 0.278. The molecule has 0 unspecified atom stereocenters. The number of nitrogens with zero attached hydrogens (tertiary/aromatic N) is 5. The molecule has 1 saturated heterocycles. The van der Waals surface area contributed by atoms with Crippen molar-refractivity contribution in [2.24, 2.45) is 0 Å². The number of anilines is 1. The molecule has 0 spiro atoms. The molecule has 2 aromatic heterocycles. The fourth-order valence-corrected chi connectivity index (χ4v) is 4.36. The minimum atomic E-state index is -0.642. The molecule has 1 aliphatic rings. The first-order valence-corrected chi connectivity index (χ1v) is 11.9.